The molecule has 0 aliphatic carbocycles. The maximum atomic E-state index is 5.42. The van der Waals surface area contributed by atoms with E-state index >= 15 is 0 Å². The van der Waals surface area contributed by atoms with Gasteiger partial charge >= 0.3 is 0 Å². The molecule has 2 aromatic rings. The van der Waals surface area contributed by atoms with Crippen LogP contribution in [0.3, 0.4) is 0 Å². The van der Waals surface area contributed by atoms with Crippen molar-refractivity contribution in [2.24, 2.45) is 7.05 Å². The zero-order valence-corrected chi connectivity index (χ0v) is 12.8. The third-order valence-electron chi connectivity index (χ3n) is 3.20. The Morgan fingerprint density at radius 2 is 1.43 bits per heavy atom. The Bertz CT molecular complexity index is 608. The second-order valence-electron chi connectivity index (χ2n) is 4.58. The summed E-state index contributed by atoms with van der Waals surface area (Å²) in [6.07, 6.45) is 8.00. The molecule has 0 fully saturated rings. The van der Waals surface area contributed by atoms with Gasteiger partial charge in [0.25, 0.3) is 0 Å². The van der Waals surface area contributed by atoms with E-state index in [4.69, 9.17) is 14.2 Å². The summed E-state index contributed by atoms with van der Waals surface area (Å²) in [5, 5.41) is 0. The van der Waals surface area contributed by atoms with Gasteiger partial charge in [-0.1, -0.05) is 6.08 Å². The first-order valence-corrected chi connectivity index (χ1v) is 6.61. The van der Waals surface area contributed by atoms with Gasteiger partial charge in [-0.05, 0) is 11.6 Å². The predicted octanol–water partition coefficient (Wildman–Crippen LogP) is 2.71. The van der Waals surface area contributed by atoms with Crippen LogP contribution >= 0.6 is 0 Å². The van der Waals surface area contributed by atoms with E-state index in [0.717, 1.165) is 11.1 Å². The lowest BCUT2D eigenvalue weighted by molar-refractivity contribution is -0.671. The lowest BCUT2D eigenvalue weighted by Crippen LogP contribution is -2.25. The summed E-state index contributed by atoms with van der Waals surface area (Å²) in [5.74, 6) is 2.13. The van der Waals surface area contributed by atoms with E-state index < -0.39 is 0 Å². The van der Waals surface area contributed by atoms with Crippen LogP contribution in [0.2, 0.25) is 0 Å². The van der Waals surface area contributed by atoms with Crippen LogP contribution in [0.25, 0.3) is 12.2 Å². The molecule has 1 aromatic heterocycles. The smallest absolute Gasteiger partial charge is 0.169 e. The minimum atomic E-state index is 0.701. The van der Waals surface area contributed by atoms with Gasteiger partial charge in [-0.3, -0.25) is 0 Å². The molecular formula is C17H20NO3+. The predicted molar refractivity (Wildman–Crippen MR) is 82.6 cm³/mol. The van der Waals surface area contributed by atoms with Crippen LogP contribution in [-0.2, 0) is 7.05 Å². The fourth-order valence-electron chi connectivity index (χ4n) is 2.00. The molecule has 0 N–H and O–H groups in total. The summed E-state index contributed by atoms with van der Waals surface area (Å²) in [5.41, 5.74) is 1.99. The first-order chi connectivity index (χ1) is 10.2. The molecule has 0 amide bonds. The number of aryl methyl sites for hydroxylation is 1. The fourth-order valence-corrected chi connectivity index (χ4v) is 2.00. The van der Waals surface area contributed by atoms with Gasteiger partial charge < -0.3 is 14.2 Å². The van der Waals surface area contributed by atoms with Crippen molar-refractivity contribution in [3.8, 4) is 17.2 Å². The van der Waals surface area contributed by atoms with Crippen molar-refractivity contribution in [3.05, 3.63) is 47.8 Å². The number of hydrogen-bond donors (Lipinski definition) is 0. The highest BCUT2D eigenvalue weighted by atomic mass is 16.5. The molecule has 0 saturated carbocycles. The zero-order valence-electron chi connectivity index (χ0n) is 12.8. The molecule has 0 aliphatic rings. The maximum Gasteiger partial charge on any atom is 0.169 e. The average molecular weight is 286 g/mol. The van der Waals surface area contributed by atoms with Gasteiger partial charge in [-0.2, -0.15) is 0 Å². The van der Waals surface area contributed by atoms with Gasteiger partial charge in [0.1, 0.15) is 24.3 Å². The minimum Gasteiger partial charge on any atom is -0.496 e. The number of rotatable bonds is 5. The van der Waals surface area contributed by atoms with Crippen molar-refractivity contribution in [1.82, 2.24) is 0 Å². The second kappa shape index (κ2) is 6.79. The Kier molecular flexibility index (Phi) is 4.82. The summed E-state index contributed by atoms with van der Waals surface area (Å²) in [7, 11) is 6.87. The first-order valence-electron chi connectivity index (χ1n) is 6.61. The average Bonchev–Trinajstić information content (AvgIpc) is 2.53. The Morgan fingerprint density at radius 1 is 0.857 bits per heavy atom. The molecule has 110 valence electrons. The third-order valence-corrected chi connectivity index (χ3v) is 3.20. The highest BCUT2D eigenvalue weighted by Gasteiger charge is 2.10. The van der Waals surface area contributed by atoms with E-state index in [-0.39, 0.29) is 0 Å². The summed E-state index contributed by atoms with van der Waals surface area (Å²) in [6.45, 7) is 0. The zero-order chi connectivity index (χ0) is 15.2. The van der Waals surface area contributed by atoms with Crippen LogP contribution < -0.4 is 18.8 Å². The summed E-state index contributed by atoms with van der Waals surface area (Å²) >= 11 is 0. The van der Waals surface area contributed by atoms with E-state index in [2.05, 4.69) is 0 Å². The first kappa shape index (κ1) is 14.9. The number of hydrogen-bond acceptors (Lipinski definition) is 3. The lowest BCUT2D eigenvalue weighted by atomic mass is 10.1. The molecule has 0 saturated heterocycles. The Balaban J connectivity index is 2.40. The Labute approximate surface area is 125 Å². The fraction of sp³-hybridized carbons (Fsp3) is 0.235. The van der Waals surface area contributed by atoms with Gasteiger partial charge in [0.05, 0.1) is 26.9 Å². The highest BCUT2D eigenvalue weighted by Crippen LogP contribution is 2.35. The molecule has 0 aliphatic heterocycles. The molecular weight excluding hydrogens is 266 g/mol. The number of methoxy groups -OCH3 is 3. The van der Waals surface area contributed by atoms with Gasteiger partial charge in [0.2, 0.25) is 0 Å². The van der Waals surface area contributed by atoms with E-state index in [0.29, 0.717) is 17.2 Å². The quantitative estimate of drug-likeness (QED) is 0.792. The van der Waals surface area contributed by atoms with Crippen LogP contribution in [0.15, 0.2) is 36.7 Å². The summed E-state index contributed by atoms with van der Waals surface area (Å²) in [6, 6.07) is 7.76. The monoisotopic (exact) mass is 286 g/mol. The molecule has 0 radical (unpaired) electrons. The van der Waals surface area contributed by atoms with Gasteiger partial charge in [0, 0.05) is 24.3 Å². The minimum absolute atomic E-state index is 0.701. The Hall–Kier alpha value is -2.49. The van der Waals surface area contributed by atoms with Crippen molar-refractivity contribution in [1.29, 1.82) is 0 Å². The van der Waals surface area contributed by atoms with Gasteiger partial charge in [-0.25, -0.2) is 4.57 Å². The Morgan fingerprint density at radius 3 is 1.90 bits per heavy atom. The van der Waals surface area contributed by atoms with E-state index in [1.165, 1.54) is 0 Å². The van der Waals surface area contributed by atoms with Crippen LogP contribution in [-0.4, -0.2) is 21.3 Å². The van der Waals surface area contributed by atoms with Crippen molar-refractivity contribution < 1.29 is 18.8 Å². The molecule has 21 heavy (non-hydrogen) atoms. The largest absolute Gasteiger partial charge is 0.496 e. The molecule has 0 spiro atoms. The number of nitrogens with zero attached hydrogens (tertiary/aromatic N) is 1. The second-order valence-corrected chi connectivity index (χ2v) is 4.58. The summed E-state index contributed by atoms with van der Waals surface area (Å²) < 4.78 is 18.1. The van der Waals surface area contributed by atoms with Crippen LogP contribution in [0.1, 0.15) is 11.1 Å². The lowest BCUT2D eigenvalue weighted by Gasteiger charge is -2.12. The number of aromatic nitrogens is 1. The topological polar surface area (TPSA) is 31.6 Å². The highest BCUT2D eigenvalue weighted by molar-refractivity contribution is 5.76. The molecule has 0 atom stereocenters. The standard InChI is InChI=1S/C17H20NO3/c1-18-9-7-13(8-10-18)5-6-15-16(20-3)11-14(19-2)12-17(15)21-4/h5-12H,1-4H3/q+1. The molecule has 1 heterocycles. The van der Waals surface area contributed by atoms with Crippen LogP contribution in [0, 0.1) is 0 Å². The maximum absolute atomic E-state index is 5.42. The van der Waals surface area contributed by atoms with Crippen molar-refractivity contribution in [2.45, 2.75) is 0 Å². The van der Waals surface area contributed by atoms with Crippen LogP contribution in [0.4, 0.5) is 0 Å². The molecule has 4 nitrogen and oxygen atoms in total. The summed E-state index contributed by atoms with van der Waals surface area (Å²) in [4.78, 5) is 0. The van der Waals surface area contributed by atoms with Crippen molar-refractivity contribution in [2.75, 3.05) is 21.3 Å². The van der Waals surface area contributed by atoms with E-state index in [1.54, 1.807) is 21.3 Å². The molecule has 0 unspecified atom stereocenters. The van der Waals surface area contributed by atoms with Crippen LogP contribution in [0.5, 0.6) is 17.2 Å². The van der Waals surface area contributed by atoms with Crippen molar-refractivity contribution >= 4 is 12.2 Å². The SMILES string of the molecule is COc1cc(OC)c(C=Cc2cc[n+](C)cc2)c(OC)c1. The van der Waals surface area contributed by atoms with E-state index in [9.17, 15) is 0 Å². The molecule has 0 bridgehead atoms. The van der Waals surface area contributed by atoms with Crippen molar-refractivity contribution in [3.63, 3.8) is 0 Å². The number of ether oxygens (including phenoxy) is 3. The molecule has 1 aromatic carbocycles. The van der Waals surface area contributed by atoms with E-state index in [1.807, 2.05) is 60.4 Å². The molecule has 4 heteroatoms. The van der Waals surface area contributed by atoms with Gasteiger partial charge in [-0.15, -0.1) is 0 Å². The number of pyridine rings is 1. The van der Waals surface area contributed by atoms with Gasteiger partial charge in [0.15, 0.2) is 12.4 Å². The normalized spacial score (nSPS) is 10.7. The number of benzene rings is 1. The third kappa shape index (κ3) is 3.54. The molecule has 2 rings (SSSR count).